The van der Waals surface area contributed by atoms with Crippen LogP contribution in [0.5, 0.6) is 0 Å². The summed E-state index contributed by atoms with van der Waals surface area (Å²) in [5, 5.41) is 0. The van der Waals surface area contributed by atoms with Gasteiger partial charge < -0.3 is 0 Å². The van der Waals surface area contributed by atoms with E-state index in [1.165, 1.54) is 0 Å². The van der Waals surface area contributed by atoms with Crippen LogP contribution in [-0.2, 0) is 0 Å². The van der Waals surface area contributed by atoms with Gasteiger partial charge in [0.1, 0.15) is 0 Å². The molecule has 1 heterocycles. The topological polar surface area (TPSA) is 24.7 Å². The maximum Gasteiger partial charge on any atom is 0.0451 e. The molecule has 1 aliphatic rings. The van der Waals surface area contributed by atoms with Crippen molar-refractivity contribution in [3.8, 4) is 0 Å². The number of hydrogen-bond donors (Lipinski definition) is 0. The molecule has 0 unspecified atom stereocenters. The van der Waals surface area contributed by atoms with Gasteiger partial charge in [-0.25, -0.2) is 0 Å². The lowest BCUT2D eigenvalue weighted by Gasteiger charge is -1.98. The van der Waals surface area contributed by atoms with Gasteiger partial charge in [0.15, 0.2) is 0 Å². The highest BCUT2D eigenvalue weighted by atomic mass is 14.7. The lowest BCUT2D eigenvalue weighted by Crippen LogP contribution is -1.91. The number of nitrogens with zero attached hydrogens (tertiary/aromatic N) is 2. The molecule has 2 rings (SSSR count). The van der Waals surface area contributed by atoms with Crippen LogP contribution in [0.1, 0.15) is 11.1 Å². The van der Waals surface area contributed by atoms with E-state index in [4.69, 9.17) is 0 Å². The lowest BCUT2D eigenvalue weighted by atomic mass is 10.1. The van der Waals surface area contributed by atoms with Crippen LogP contribution in [0.3, 0.4) is 0 Å². The largest absolute Gasteiger partial charge is 0.262 e. The first-order valence-corrected chi connectivity index (χ1v) is 3.77. The smallest absolute Gasteiger partial charge is 0.0451 e. The van der Waals surface area contributed by atoms with Crippen LogP contribution in [0.4, 0.5) is 0 Å². The van der Waals surface area contributed by atoms with Crippen molar-refractivity contribution < 1.29 is 0 Å². The second-order valence-corrected chi connectivity index (χ2v) is 2.48. The van der Waals surface area contributed by atoms with Crippen molar-refractivity contribution >= 4 is 12.4 Å². The van der Waals surface area contributed by atoms with Gasteiger partial charge in [0.25, 0.3) is 0 Å². The molecule has 2 nitrogen and oxygen atoms in total. The molecule has 0 N–H and O–H groups in total. The van der Waals surface area contributed by atoms with Crippen LogP contribution in [0.2, 0.25) is 0 Å². The molecular weight excluding hydrogens is 148 g/mol. The normalized spacial score (nSPS) is 13.7. The van der Waals surface area contributed by atoms with E-state index in [2.05, 4.69) is 9.98 Å². The number of rotatable bonds is 0. The molecule has 0 amide bonds. The predicted octanol–water partition coefficient (Wildman–Crippen LogP) is 2.01. The van der Waals surface area contributed by atoms with Gasteiger partial charge in [-0.05, 0) is 0 Å². The molecule has 12 heavy (non-hydrogen) atoms. The Morgan fingerprint density at radius 3 is 1.75 bits per heavy atom. The van der Waals surface area contributed by atoms with Crippen LogP contribution in [0.25, 0.3) is 0 Å². The summed E-state index contributed by atoms with van der Waals surface area (Å²) < 4.78 is 0. The van der Waals surface area contributed by atoms with Crippen molar-refractivity contribution in [1.82, 2.24) is 0 Å². The van der Waals surface area contributed by atoms with Crippen LogP contribution >= 0.6 is 0 Å². The second-order valence-electron chi connectivity index (χ2n) is 2.48. The maximum absolute atomic E-state index is 4.05. The lowest BCUT2D eigenvalue weighted by molar-refractivity contribution is 1.46. The van der Waals surface area contributed by atoms with Gasteiger partial charge in [0.05, 0.1) is 0 Å². The van der Waals surface area contributed by atoms with E-state index in [0.717, 1.165) is 11.1 Å². The van der Waals surface area contributed by atoms with Gasteiger partial charge in [-0.15, -0.1) is 0 Å². The Labute approximate surface area is 71.0 Å². The number of fused-ring (bicyclic) bond motifs is 1. The quantitative estimate of drug-likeness (QED) is 0.549. The van der Waals surface area contributed by atoms with Crippen molar-refractivity contribution in [2.75, 3.05) is 0 Å². The van der Waals surface area contributed by atoms with Gasteiger partial charge in [0, 0.05) is 36.0 Å². The molecule has 0 aliphatic carbocycles. The summed E-state index contributed by atoms with van der Waals surface area (Å²) in [4.78, 5) is 8.11. The Kier molecular flexibility index (Phi) is 1.82. The first kappa shape index (κ1) is 6.98. The molecule has 0 atom stereocenters. The average Bonchev–Trinajstić information content (AvgIpc) is 2.06. The molecule has 1 aromatic rings. The Hall–Kier alpha value is -1.70. The van der Waals surface area contributed by atoms with E-state index in [1.54, 1.807) is 12.4 Å². The summed E-state index contributed by atoms with van der Waals surface area (Å²) >= 11 is 0. The molecule has 2 heteroatoms. The maximum atomic E-state index is 4.05. The van der Waals surface area contributed by atoms with Crippen molar-refractivity contribution in [2.45, 2.75) is 0 Å². The van der Waals surface area contributed by atoms with Gasteiger partial charge in [-0.1, -0.05) is 24.3 Å². The minimum Gasteiger partial charge on any atom is -0.262 e. The van der Waals surface area contributed by atoms with E-state index in [1.807, 2.05) is 36.7 Å². The Morgan fingerprint density at radius 2 is 1.25 bits per heavy atom. The van der Waals surface area contributed by atoms with Gasteiger partial charge in [-0.2, -0.15) is 0 Å². The molecular formula is C10H8N2. The minimum absolute atomic E-state index is 1.10. The molecule has 0 spiro atoms. The molecule has 0 saturated heterocycles. The van der Waals surface area contributed by atoms with Crippen molar-refractivity contribution in [3.63, 3.8) is 0 Å². The molecule has 1 aromatic carbocycles. The third-order valence-electron chi connectivity index (χ3n) is 1.66. The summed E-state index contributed by atoms with van der Waals surface area (Å²) in [7, 11) is 0. The average molecular weight is 156 g/mol. The third kappa shape index (κ3) is 1.32. The summed E-state index contributed by atoms with van der Waals surface area (Å²) in [6.45, 7) is 0. The second kappa shape index (κ2) is 3.13. The molecule has 0 aromatic heterocycles. The highest BCUT2D eigenvalue weighted by Gasteiger charge is 1.94. The van der Waals surface area contributed by atoms with Crippen LogP contribution in [0, 0.1) is 0 Å². The van der Waals surface area contributed by atoms with Crippen molar-refractivity contribution in [2.24, 2.45) is 9.98 Å². The number of aliphatic imine (C=N–C) groups is 2. The Bertz CT molecular complexity index is 327. The predicted molar refractivity (Wildman–Crippen MR) is 50.8 cm³/mol. The third-order valence-corrected chi connectivity index (χ3v) is 1.66. The van der Waals surface area contributed by atoms with E-state index >= 15 is 0 Å². The molecule has 0 bridgehead atoms. The molecule has 0 saturated carbocycles. The fourth-order valence-corrected chi connectivity index (χ4v) is 1.07. The number of hydrogen-bond acceptors (Lipinski definition) is 2. The summed E-state index contributed by atoms with van der Waals surface area (Å²) in [5.41, 5.74) is 2.20. The van der Waals surface area contributed by atoms with Gasteiger partial charge in [-0.3, -0.25) is 9.98 Å². The summed E-state index contributed by atoms with van der Waals surface area (Å²) in [6, 6.07) is 8.02. The van der Waals surface area contributed by atoms with E-state index in [0.29, 0.717) is 0 Å². The van der Waals surface area contributed by atoms with Gasteiger partial charge >= 0.3 is 0 Å². The van der Waals surface area contributed by atoms with Crippen LogP contribution < -0.4 is 0 Å². The van der Waals surface area contributed by atoms with E-state index in [-0.39, 0.29) is 0 Å². The highest BCUT2D eigenvalue weighted by Crippen LogP contribution is 2.04. The first-order chi connectivity index (χ1) is 5.97. The van der Waals surface area contributed by atoms with Gasteiger partial charge in [0.2, 0.25) is 0 Å². The number of benzene rings is 1. The molecule has 58 valence electrons. The van der Waals surface area contributed by atoms with Crippen LogP contribution in [-0.4, -0.2) is 12.4 Å². The summed E-state index contributed by atoms with van der Waals surface area (Å²) in [5.74, 6) is 0. The molecule has 0 radical (unpaired) electrons. The monoisotopic (exact) mass is 156 g/mol. The standard InChI is InChI=1S/C10H8N2/c1-2-4-10-8-12-6-5-11-7-9(10)3-1/h1-8H. The summed E-state index contributed by atoms with van der Waals surface area (Å²) in [6.07, 6.45) is 7.01. The highest BCUT2D eigenvalue weighted by molar-refractivity contribution is 5.94. The fourth-order valence-electron chi connectivity index (χ4n) is 1.07. The van der Waals surface area contributed by atoms with Crippen molar-refractivity contribution in [3.05, 3.63) is 47.8 Å². The van der Waals surface area contributed by atoms with E-state index in [9.17, 15) is 0 Å². The Morgan fingerprint density at radius 1 is 0.750 bits per heavy atom. The fraction of sp³-hybridized carbons (Fsp3) is 0. The zero-order valence-electron chi connectivity index (χ0n) is 6.51. The SMILES string of the molecule is C1=CN=Cc2ccccc2C=N1. The Balaban J connectivity index is 2.54. The van der Waals surface area contributed by atoms with Crippen LogP contribution in [0.15, 0.2) is 46.7 Å². The van der Waals surface area contributed by atoms with Crippen molar-refractivity contribution in [1.29, 1.82) is 0 Å². The first-order valence-electron chi connectivity index (χ1n) is 3.77. The zero-order valence-corrected chi connectivity index (χ0v) is 6.51. The zero-order chi connectivity index (χ0) is 8.23. The molecule has 0 fully saturated rings. The molecule has 1 aliphatic heterocycles. The van der Waals surface area contributed by atoms with E-state index < -0.39 is 0 Å². The minimum atomic E-state index is 1.10.